The van der Waals surface area contributed by atoms with Gasteiger partial charge in [0.25, 0.3) is 0 Å². The predicted octanol–water partition coefficient (Wildman–Crippen LogP) is 0.725. The Morgan fingerprint density at radius 2 is 2.44 bits per heavy atom. The highest BCUT2D eigenvalue weighted by Crippen LogP contribution is 2.09. The van der Waals surface area contributed by atoms with E-state index in [-0.39, 0.29) is 5.92 Å². The van der Waals surface area contributed by atoms with Crippen molar-refractivity contribution in [3.63, 3.8) is 0 Å². The molecule has 0 N–H and O–H groups in total. The van der Waals surface area contributed by atoms with Gasteiger partial charge in [-0.3, -0.25) is 0 Å². The number of nitrogens with zero attached hydrogens (tertiary/aromatic N) is 1. The van der Waals surface area contributed by atoms with Crippen LogP contribution in [0.15, 0.2) is 0 Å². The van der Waals surface area contributed by atoms with E-state index in [0.717, 1.165) is 0 Å². The minimum absolute atomic E-state index is 0.173. The highest BCUT2D eigenvalue weighted by atomic mass is 31.1. The van der Waals surface area contributed by atoms with Gasteiger partial charge in [0.05, 0.1) is 18.0 Å². The van der Waals surface area contributed by atoms with Crippen LogP contribution in [0, 0.1) is 17.2 Å². The van der Waals surface area contributed by atoms with Crippen molar-refractivity contribution in [3.05, 3.63) is 0 Å². The third-order valence-corrected chi connectivity index (χ3v) is 2.31. The first-order chi connectivity index (χ1) is 4.20. The van der Waals surface area contributed by atoms with E-state index in [0.29, 0.717) is 6.16 Å². The van der Waals surface area contributed by atoms with Gasteiger partial charge in [-0.1, -0.05) is 0 Å². The second-order valence-electron chi connectivity index (χ2n) is 1.80. The summed E-state index contributed by atoms with van der Waals surface area (Å²) in [5.41, 5.74) is 0. The lowest BCUT2D eigenvalue weighted by atomic mass is 10.3. The molecule has 0 aromatic carbocycles. The zero-order valence-corrected chi connectivity index (χ0v) is 6.56. The molecule has 0 saturated heterocycles. The van der Waals surface area contributed by atoms with Crippen LogP contribution < -0.4 is 4.89 Å². The first-order valence-corrected chi connectivity index (χ1v) is 4.40. The molecule has 0 rings (SSSR count). The maximum absolute atomic E-state index is 10.7. The molecule has 9 heavy (non-hydrogen) atoms. The Bertz CT molecular complexity index is 148. The van der Waals surface area contributed by atoms with E-state index in [4.69, 9.17) is 5.26 Å². The Hall–Kier alpha value is -0.380. The number of rotatable bonds is 2. The van der Waals surface area contributed by atoms with E-state index in [9.17, 15) is 4.89 Å². The van der Waals surface area contributed by atoms with Gasteiger partial charge in [0.2, 0.25) is 0 Å². The first-order valence-electron chi connectivity index (χ1n) is 2.89. The van der Waals surface area contributed by atoms with Crippen LogP contribution in [0.2, 0.25) is 0 Å². The van der Waals surface area contributed by atoms with Crippen molar-refractivity contribution in [2.75, 3.05) is 6.16 Å². The second-order valence-corrected chi connectivity index (χ2v) is 3.56. The summed E-state index contributed by atoms with van der Waals surface area (Å²) in [7, 11) is -1.22. The third kappa shape index (κ3) is 4.14. The van der Waals surface area contributed by atoms with Crippen molar-refractivity contribution in [3.8, 4) is 6.07 Å². The summed E-state index contributed by atoms with van der Waals surface area (Å²) in [6.45, 7) is 3.59. The van der Waals surface area contributed by atoms with Crippen molar-refractivity contribution < 1.29 is 4.89 Å². The molecule has 2 nitrogen and oxygen atoms in total. The van der Waals surface area contributed by atoms with E-state index >= 15 is 0 Å². The molecular weight excluding hydrogens is 133 g/mol. The summed E-state index contributed by atoms with van der Waals surface area (Å²) < 4.78 is 0. The molecule has 0 amide bonds. The van der Waals surface area contributed by atoms with Gasteiger partial charge in [-0.15, -0.1) is 0 Å². The van der Waals surface area contributed by atoms with E-state index in [1.165, 1.54) is 0 Å². The molecule has 0 saturated carbocycles. The zero-order valence-electron chi connectivity index (χ0n) is 5.66. The molecule has 0 aromatic rings. The molecule has 50 valence electrons. The molecule has 0 aliphatic carbocycles. The summed E-state index contributed by atoms with van der Waals surface area (Å²) in [4.78, 5) is 10.7. The van der Waals surface area contributed by atoms with Crippen LogP contribution in [0.1, 0.15) is 13.8 Å². The van der Waals surface area contributed by atoms with Crippen LogP contribution in [0.3, 0.4) is 0 Å². The molecule has 0 radical (unpaired) electrons. The highest BCUT2D eigenvalue weighted by Gasteiger charge is 1.97. The number of nitriles is 1. The summed E-state index contributed by atoms with van der Waals surface area (Å²) >= 11 is 0. The Morgan fingerprint density at radius 1 is 1.89 bits per heavy atom. The molecule has 2 unspecified atom stereocenters. The topological polar surface area (TPSA) is 46.8 Å². The molecule has 2 atom stereocenters. The SMILES string of the molecule is CC[P+]([O-])=CC(C)C#N. The monoisotopic (exact) mass is 143 g/mol. The van der Waals surface area contributed by atoms with E-state index in [1.54, 1.807) is 12.7 Å². The smallest absolute Gasteiger partial charge is 0.100 e. The predicted molar refractivity (Wildman–Crippen MR) is 38.3 cm³/mol. The van der Waals surface area contributed by atoms with Gasteiger partial charge in [0, 0.05) is 7.77 Å². The average Bonchev–Trinajstić information content (AvgIpc) is 1.87. The Labute approximate surface area is 56.6 Å². The van der Waals surface area contributed by atoms with E-state index < -0.39 is 7.77 Å². The van der Waals surface area contributed by atoms with Crippen LogP contribution >= 0.6 is 7.77 Å². The van der Waals surface area contributed by atoms with Crippen LogP contribution in [0.25, 0.3) is 0 Å². The molecule has 0 heterocycles. The van der Waals surface area contributed by atoms with Gasteiger partial charge in [-0.05, 0) is 13.8 Å². The van der Waals surface area contributed by atoms with Gasteiger partial charge in [0.15, 0.2) is 0 Å². The fourth-order valence-corrected chi connectivity index (χ4v) is 1.16. The van der Waals surface area contributed by atoms with Crippen molar-refractivity contribution in [2.45, 2.75) is 13.8 Å². The minimum Gasteiger partial charge on any atom is -0.631 e. The van der Waals surface area contributed by atoms with Crippen LogP contribution in [0.4, 0.5) is 0 Å². The van der Waals surface area contributed by atoms with Crippen LogP contribution in [0.5, 0.6) is 0 Å². The van der Waals surface area contributed by atoms with E-state index in [2.05, 4.69) is 0 Å². The van der Waals surface area contributed by atoms with Crippen molar-refractivity contribution in [1.29, 1.82) is 5.26 Å². The summed E-state index contributed by atoms with van der Waals surface area (Å²) in [6.07, 6.45) is 0.640. The molecule has 3 heteroatoms. The Kier molecular flexibility index (Phi) is 4.30. The fraction of sp³-hybridized carbons (Fsp3) is 0.667. The molecule has 0 aliphatic heterocycles. The minimum atomic E-state index is -1.22. The summed E-state index contributed by atoms with van der Waals surface area (Å²) in [5, 5.41) is 8.27. The lowest BCUT2D eigenvalue weighted by Gasteiger charge is -1.92. The quantitative estimate of drug-likeness (QED) is 0.535. The standard InChI is InChI=1S/C6H10NOP/c1-3-9(8)5-6(2)4-7/h5-6H,3H2,1-2H3. The van der Waals surface area contributed by atoms with Crippen molar-refractivity contribution in [1.82, 2.24) is 0 Å². The third-order valence-electron chi connectivity index (χ3n) is 0.905. The number of hydrogen-bond donors (Lipinski definition) is 0. The average molecular weight is 143 g/mol. The molecule has 0 aromatic heterocycles. The molecule has 0 aliphatic rings. The summed E-state index contributed by atoms with van der Waals surface area (Å²) in [5.74, 6) is 1.42. The maximum atomic E-state index is 10.7. The van der Waals surface area contributed by atoms with Crippen molar-refractivity contribution >= 4 is 13.6 Å². The highest BCUT2D eigenvalue weighted by molar-refractivity contribution is 7.49. The lowest BCUT2D eigenvalue weighted by molar-refractivity contribution is -0.152. The van der Waals surface area contributed by atoms with E-state index in [1.807, 2.05) is 13.0 Å². The lowest BCUT2D eigenvalue weighted by Crippen LogP contribution is -1.97. The van der Waals surface area contributed by atoms with Gasteiger partial charge in [-0.25, -0.2) is 0 Å². The molecule has 0 bridgehead atoms. The fourth-order valence-electron chi connectivity index (χ4n) is 0.388. The van der Waals surface area contributed by atoms with Gasteiger partial charge >= 0.3 is 0 Å². The van der Waals surface area contributed by atoms with Crippen molar-refractivity contribution in [2.24, 2.45) is 5.92 Å². The van der Waals surface area contributed by atoms with Crippen LogP contribution in [-0.2, 0) is 0 Å². The Balaban J connectivity index is 3.83. The van der Waals surface area contributed by atoms with Gasteiger partial charge in [0.1, 0.15) is 5.92 Å². The van der Waals surface area contributed by atoms with Gasteiger partial charge in [-0.2, -0.15) is 5.26 Å². The maximum Gasteiger partial charge on any atom is 0.100 e. The molecule has 0 spiro atoms. The largest absolute Gasteiger partial charge is 0.631 e. The Morgan fingerprint density at radius 3 is 2.78 bits per heavy atom. The molecular formula is C6H10NOP. The normalized spacial score (nSPS) is 14.7. The zero-order chi connectivity index (χ0) is 7.28. The van der Waals surface area contributed by atoms with Gasteiger partial charge < -0.3 is 4.89 Å². The summed E-state index contributed by atoms with van der Waals surface area (Å²) in [6, 6.07) is 1.99. The first kappa shape index (κ1) is 8.62. The van der Waals surface area contributed by atoms with Crippen LogP contribution in [-0.4, -0.2) is 12.0 Å². The number of hydrogen-bond acceptors (Lipinski definition) is 2. The molecule has 0 fully saturated rings. The second kappa shape index (κ2) is 4.49.